The molecule has 1 aromatic heterocycles. The van der Waals surface area contributed by atoms with Gasteiger partial charge in [0.2, 0.25) is 0 Å². The number of aryl methyl sites for hydroxylation is 2. The van der Waals surface area contributed by atoms with E-state index in [1.54, 1.807) is 0 Å². The third-order valence-electron chi connectivity index (χ3n) is 14.7. The summed E-state index contributed by atoms with van der Waals surface area (Å²) in [6.07, 6.45) is 28.4. The van der Waals surface area contributed by atoms with Crippen LogP contribution in [0.5, 0.6) is 0 Å². The van der Waals surface area contributed by atoms with Crippen LogP contribution in [0, 0.1) is 0 Å². The first-order valence-electron chi connectivity index (χ1n) is 24.3. The highest BCUT2D eigenvalue weighted by Gasteiger charge is 2.42. The molecule has 0 unspecified atom stereocenters. The highest BCUT2D eigenvalue weighted by Crippen LogP contribution is 2.52. The molecule has 0 N–H and O–H groups in total. The van der Waals surface area contributed by atoms with Crippen molar-refractivity contribution in [1.82, 2.24) is 0 Å². The molecule has 5 aromatic carbocycles. The van der Waals surface area contributed by atoms with E-state index in [0.29, 0.717) is 0 Å². The topological polar surface area (TPSA) is 34.1 Å². The molecule has 7 rings (SSSR count). The van der Waals surface area contributed by atoms with Gasteiger partial charge in [-0.3, -0.25) is 9.59 Å². The number of unbranched alkanes of at least 4 members (excludes halogenated alkanes) is 18. The Labute approximate surface area is 360 Å². The molecular formula is C56H74O2S. The van der Waals surface area contributed by atoms with Crippen LogP contribution in [0.15, 0.2) is 52.1 Å². The van der Waals surface area contributed by atoms with Crippen LogP contribution in [0.4, 0.5) is 0 Å². The summed E-state index contributed by atoms with van der Waals surface area (Å²) >= 11 is 1.86. The molecule has 1 aliphatic carbocycles. The van der Waals surface area contributed by atoms with Crippen LogP contribution in [0.3, 0.4) is 0 Å². The average molecular weight is 811 g/mol. The zero-order valence-electron chi connectivity index (χ0n) is 38.0. The molecule has 0 saturated carbocycles. The van der Waals surface area contributed by atoms with E-state index < -0.39 is 0 Å². The minimum absolute atomic E-state index is 0.0213. The first kappa shape index (κ1) is 43.8. The Morgan fingerprint density at radius 1 is 0.492 bits per heavy atom. The Bertz CT molecular complexity index is 2460. The zero-order valence-corrected chi connectivity index (χ0v) is 38.8. The predicted molar refractivity (Wildman–Crippen MR) is 261 cm³/mol. The molecule has 0 atom stereocenters. The van der Waals surface area contributed by atoms with Gasteiger partial charge in [-0.2, -0.15) is 0 Å². The second-order valence-corrected chi connectivity index (χ2v) is 20.8. The molecule has 0 spiro atoms. The fraction of sp³-hybridized carbons (Fsp3) is 0.571. The molecule has 59 heavy (non-hydrogen) atoms. The highest BCUT2D eigenvalue weighted by atomic mass is 32.1. The minimum atomic E-state index is 0.0213. The van der Waals surface area contributed by atoms with Crippen molar-refractivity contribution in [3.63, 3.8) is 0 Å². The predicted octanol–water partition coefficient (Wildman–Crippen LogP) is 16.9. The summed E-state index contributed by atoms with van der Waals surface area (Å²) in [4.78, 5) is 32.7. The van der Waals surface area contributed by atoms with E-state index in [1.807, 2.05) is 11.3 Å². The Morgan fingerprint density at radius 3 is 1.42 bits per heavy atom. The molecule has 0 bridgehead atoms. The van der Waals surface area contributed by atoms with Gasteiger partial charge in [0.05, 0.1) is 0 Å². The van der Waals surface area contributed by atoms with Gasteiger partial charge in [0.15, 0.2) is 10.9 Å². The number of rotatable bonds is 25. The van der Waals surface area contributed by atoms with Gasteiger partial charge < -0.3 is 0 Å². The summed E-state index contributed by atoms with van der Waals surface area (Å²) in [5.41, 5.74) is 6.60. The Kier molecular flexibility index (Phi) is 14.2. The van der Waals surface area contributed by atoms with Crippen LogP contribution < -0.4 is 10.9 Å². The van der Waals surface area contributed by atoms with Crippen molar-refractivity contribution in [2.24, 2.45) is 0 Å². The van der Waals surface area contributed by atoms with E-state index >= 15 is 4.79 Å². The molecule has 0 saturated heterocycles. The largest absolute Gasteiger partial charge is 0.289 e. The molecule has 6 aromatic rings. The number of fused-ring (bicyclic) bond motifs is 7. The highest BCUT2D eigenvalue weighted by molar-refractivity contribution is 7.15. The third-order valence-corrected chi connectivity index (χ3v) is 16.2. The molecule has 2 nitrogen and oxygen atoms in total. The molecule has 0 aliphatic heterocycles. The van der Waals surface area contributed by atoms with Crippen LogP contribution in [-0.4, -0.2) is 0 Å². The second kappa shape index (κ2) is 19.2. The van der Waals surface area contributed by atoms with E-state index in [9.17, 15) is 4.79 Å². The fourth-order valence-corrected chi connectivity index (χ4v) is 11.5. The number of hydrogen-bond donors (Lipinski definition) is 0. The van der Waals surface area contributed by atoms with Crippen LogP contribution >= 0.6 is 11.3 Å². The van der Waals surface area contributed by atoms with Gasteiger partial charge in [-0.25, -0.2) is 0 Å². The lowest BCUT2D eigenvalue weighted by Gasteiger charge is -2.20. The van der Waals surface area contributed by atoms with Gasteiger partial charge >= 0.3 is 0 Å². The van der Waals surface area contributed by atoms with Gasteiger partial charge in [-0.05, 0) is 117 Å². The SMILES string of the molecule is CCCCCCCCCCCCc1c2c(=O)c3cc4c(cc3c2c(CCCCCCCCCCCC)c2c(=O)c3cc(-c5ccc(C(C)(C)CC)s5)ccc3c12)C4(C)C. The van der Waals surface area contributed by atoms with E-state index in [-0.39, 0.29) is 21.7 Å². The monoisotopic (exact) mass is 811 g/mol. The lowest BCUT2D eigenvalue weighted by molar-refractivity contribution is 0.517. The lowest BCUT2D eigenvalue weighted by Crippen LogP contribution is -2.12. The quantitative estimate of drug-likeness (QED) is 0.0540. The molecule has 0 fully saturated rings. The van der Waals surface area contributed by atoms with Crippen molar-refractivity contribution in [1.29, 1.82) is 0 Å². The maximum Gasteiger partial charge on any atom is 0.194 e. The molecule has 0 radical (unpaired) electrons. The summed E-state index contributed by atoms with van der Waals surface area (Å²) in [7, 11) is 0. The van der Waals surface area contributed by atoms with Gasteiger partial charge in [-0.1, -0.05) is 176 Å². The molecular weight excluding hydrogens is 737 g/mol. The molecule has 316 valence electrons. The van der Waals surface area contributed by atoms with Gasteiger partial charge in [-0.15, -0.1) is 11.3 Å². The summed E-state index contributed by atoms with van der Waals surface area (Å²) in [6, 6.07) is 15.7. The van der Waals surface area contributed by atoms with Crippen molar-refractivity contribution in [2.45, 2.75) is 207 Å². The Hall–Kier alpha value is -3.30. The van der Waals surface area contributed by atoms with Crippen molar-refractivity contribution >= 4 is 54.4 Å². The first-order valence-corrected chi connectivity index (χ1v) is 25.1. The van der Waals surface area contributed by atoms with Crippen molar-refractivity contribution in [2.75, 3.05) is 0 Å². The van der Waals surface area contributed by atoms with Crippen molar-refractivity contribution < 1.29 is 0 Å². The Balaban J connectivity index is 1.29. The maximum absolute atomic E-state index is 15.2. The summed E-state index contributed by atoms with van der Waals surface area (Å²) in [5.74, 6) is 0. The summed E-state index contributed by atoms with van der Waals surface area (Å²) in [6.45, 7) is 16.0. The number of thiophene rings is 1. The van der Waals surface area contributed by atoms with Crippen molar-refractivity contribution in [3.05, 3.63) is 90.0 Å². The number of benzene rings is 3. The van der Waals surface area contributed by atoms with E-state index in [0.717, 1.165) is 105 Å². The fourth-order valence-electron chi connectivity index (χ4n) is 10.3. The van der Waals surface area contributed by atoms with Gasteiger partial charge in [0.1, 0.15) is 0 Å². The van der Waals surface area contributed by atoms with Crippen LogP contribution in [-0.2, 0) is 23.7 Å². The first-order chi connectivity index (χ1) is 28.5. The zero-order chi connectivity index (χ0) is 41.7. The van der Waals surface area contributed by atoms with Gasteiger partial charge in [0.25, 0.3) is 0 Å². The summed E-state index contributed by atoms with van der Waals surface area (Å²) in [5, 5.41) is 7.88. The van der Waals surface area contributed by atoms with E-state index in [1.165, 1.54) is 124 Å². The molecule has 0 amide bonds. The van der Waals surface area contributed by atoms with Crippen LogP contribution in [0.25, 0.3) is 53.5 Å². The summed E-state index contributed by atoms with van der Waals surface area (Å²) < 4.78 is 0. The van der Waals surface area contributed by atoms with E-state index in [2.05, 4.69) is 90.9 Å². The molecule has 3 heteroatoms. The average Bonchev–Trinajstić information content (AvgIpc) is 3.64. The minimum Gasteiger partial charge on any atom is -0.289 e. The maximum atomic E-state index is 15.2. The standard InChI is InChI=1S/C56H74O2S/c1-8-11-13-15-17-19-21-23-25-27-29-40-49-39-32-31-38(47-33-34-48(59-47)55(4,5)10-3)35-43(39)53(57)51(49)41(30-28-26-24-22-20-18-16-14-12-9-2)50-42-36-45-46(56(45,6)7)37-44(42)54(58)52(40)50/h31-37H,8-30H2,1-7H3. The Morgan fingerprint density at radius 2 is 0.932 bits per heavy atom. The molecule has 1 aliphatic rings. The van der Waals surface area contributed by atoms with Gasteiger partial charge in [0, 0.05) is 36.7 Å². The van der Waals surface area contributed by atoms with Crippen LogP contribution in [0.1, 0.15) is 210 Å². The molecule has 1 heterocycles. The number of hydrogen-bond acceptors (Lipinski definition) is 3. The van der Waals surface area contributed by atoms with Crippen molar-refractivity contribution in [3.8, 4) is 10.4 Å². The second-order valence-electron chi connectivity index (χ2n) is 19.7. The smallest absolute Gasteiger partial charge is 0.194 e. The third kappa shape index (κ3) is 9.03. The van der Waals surface area contributed by atoms with Crippen LogP contribution in [0.2, 0.25) is 0 Å². The normalized spacial score (nSPS) is 13.8. The lowest BCUT2D eigenvalue weighted by atomic mass is 9.89. The van der Waals surface area contributed by atoms with E-state index in [4.69, 9.17) is 0 Å².